The molecule has 0 unspecified atom stereocenters. The van der Waals surface area contributed by atoms with E-state index in [1.165, 1.54) is 0 Å². The van der Waals surface area contributed by atoms with Crippen molar-refractivity contribution in [2.45, 2.75) is 6.42 Å². The molecule has 0 aromatic carbocycles. The second kappa shape index (κ2) is 5.65. The Morgan fingerprint density at radius 1 is 1.83 bits per heavy atom. The number of thioether (sulfide) groups is 1. The van der Waals surface area contributed by atoms with E-state index < -0.39 is 6.09 Å². The van der Waals surface area contributed by atoms with Gasteiger partial charge < -0.3 is 5.11 Å². The lowest BCUT2D eigenvalue weighted by Gasteiger charge is -2.16. The van der Waals surface area contributed by atoms with Gasteiger partial charge in [-0.2, -0.15) is 0 Å². The molecule has 1 amide bonds. The molecule has 0 rings (SSSR count). The van der Waals surface area contributed by atoms with Crippen LogP contribution in [-0.2, 0) is 0 Å². The zero-order valence-corrected chi connectivity index (χ0v) is 7.73. The summed E-state index contributed by atoms with van der Waals surface area (Å²) in [6.45, 7) is 3.78. The Hall–Kier alpha value is -0.970. The molecule has 0 saturated carbocycles. The summed E-state index contributed by atoms with van der Waals surface area (Å²) >= 11 is 1.11. The third-order valence-corrected chi connectivity index (χ3v) is 1.83. The molecule has 0 aliphatic carbocycles. The fourth-order valence-electron chi connectivity index (χ4n) is 0.615. The van der Waals surface area contributed by atoms with Gasteiger partial charge in [-0.15, -0.1) is 6.58 Å². The van der Waals surface area contributed by atoms with E-state index in [9.17, 15) is 4.79 Å². The SMILES string of the molecule is C=CCCN(C(=N)SC)C(=O)O. The molecule has 0 aromatic heterocycles. The van der Waals surface area contributed by atoms with Crippen LogP contribution in [0.25, 0.3) is 0 Å². The highest BCUT2D eigenvalue weighted by molar-refractivity contribution is 8.13. The molecular formula is C7H12N2O2S. The number of hydrogen-bond acceptors (Lipinski definition) is 3. The average Bonchev–Trinajstić information content (AvgIpc) is 2.04. The van der Waals surface area contributed by atoms with Crippen LogP contribution in [0.5, 0.6) is 0 Å². The van der Waals surface area contributed by atoms with Gasteiger partial charge in [0.25, 0.3) is 0 Å². The Morgan fingerprint density at radius 2 is 2.42 bits per heavy atom. The Labute approximate surface area is 75.8 Å². The van der Waals surface area contributed by atoms with Gasteiger partial charge in [0.15, 0.2) is 5.17 Å². The molecule has 0 aromatic rings. The van der Waals surface area contributed by atoms with Gasteiger partial charge in [0.05, 0.1) is 0 Å². The van der Waals surface area contributed by atoms with Crippen LogP contribution in [-0.4, -0.2) is 34.1 Å². The molecule has 0 atom stereocenters. The first kappa shape index (κ1) is 11.0. The summed E-state index contributed by atoms with van der Waals surface area (Å²) < 4.78 is 0. The van der Waals surface area contributed by atoms with Gasteiger partial charge in [-0.1, -0.05) is 17.8 Å². The molecule has 5 heteroatoms. The fraction of sp³-hybridized carbons (Fsp3) is 0.429. The van der Waals surface area contributed by atoms with Crippen molar-refractivity contribution in [3.05, 3.63) is 12.7 Å². The molecule has 0 fully saturated rings. The minimum atomic E-state index is -1.09. The molecule has 0 aliphatic rings. The molecule has 0 aliphatic heterocycles. The Balaban J connectivity index is 4.12. The topological polar surface area (TPSA) is 64.4 Å². The normalized spacial score (nSPS) is 9.08. The van der Waals surface area contributed by atoms with Crippen molar-refractivity contribution >= 4 is 23.0 Å². The van der Waals surface area contributed by atoms with Gasteiger partial charge in [-0.05, 0) is 12.7 Å². The van der Waals surface area contributed by atoms with Crippen LogP contribution < -0.4 is 0 Å². The van der Waals surface area contributed by atoms with Crippen molar-refractivity contribution in [3.63, 3.8) is 0 Å². The highest BCUT2D eigenvalue weighted by Gasteiger charge is 2.14. The van der Waals surface area contributed by atoms with Crippen molar-refractivity contribution in [1.29, 1.82) is 5.41 Å². The van der Waals surface area contributed by atoms with E-state index in [4.69, 9.17) is 10.5 Å². The summed E-state index contributed by atoms with van der Waals surface area (Å²) in [4.78, 5) is 11.5. The Kier molecular flexibility index (Phi) is 5.19. The number of rotatable bonds is 3. The maximum Gasteiger partial charge on any atom is 0.413 e. The van der Waals surface area contributed by atoms with Crippen LogP contribution in [0.4, 0.5) is 4.79 Å². The van der Waals surface area contributed by atoms with Crippen LogP contribution in [0.3, 0.4) is 0 Å². The van der Waals surface area contributed by atoms with Gasteiger partial charge in [0.2, 0.25) is 0 Å². The quantitative estimate of drug-likeness (QED) is 0.403. The second-order valence-electron chi connectivity index (χ2n) is 2.02. The second-order valence-corrected chi connectivity index (χ2v) is 2.82. The lowest BCUT2D eigenvalue weighted by molar-refractivity contribution is 0.170. The van der Waals surface area contributed by atoms with Gasteiger partial charge in [-0.3, -0.25) is 10.3 Å². The highest BCUT2D eigenvalue weighted by atomic mass is 32.2. The number of amidine groups is 1. The van der Waals surface area contributed by atoms with Crippen LogP contribution in [0.2, 0.25) is 0 Å². The van der Waals surface area contributed by atoms with Crippen LogP contribution in [0.15, 0.2) is 12.7 Å². The minimum absolute atomic E-state index is 0.0457. The minimum Gasteiger partial charge on any atom is -0.465 e. The molecule has 0 bridgehead atoms. The van der Waals surface area contributed by atoms with Gasteiger partial charge >= 0.3 is 6.09 Å². The van der Waals surface area contributed by atoms with Gasteiger partial charge in [-0.25, -0.2) is 4.79 Å². The van der Waals surface area contributed by atoms with E-state index in [1.807, 2.05) is 0 Å². The zero-order valence-electron chi connectivity index (χ0n) is 6.91. The monoisotopic (exact) mass is 188 g/mol. The Bertz CT molecular complexity index is 194. The molecule has 68 valence electrons. The lowest BCUT2D eigenvalue weighted by atomic mass is 10.4. The molecule has 0 radical (unpaired) electrons. The maximum atomic E-state index is 10.5. The van der Waals surface area contributed by atoms with Crippen molar-refractivity contribution in [3.8, 4) is 0 Å². The number of hydrogen-bond donors (Lipinski definition) is 2. The first-order valence-corrected chi connectivity index (χ1v) is 4.59. The summed E-state index contributed by atoms with van der Waals surface area (Å²) in [6.07, 6.45) is 2.78. The van der Waals surface area contributed by atoms with E-state index in [0.29, 0.717) is 13.0 Å². The summed E-state index contributed by atoms with van der Waals surface area (Å²) in [5.41, 5.74) is 0. The molecule has 0 saturated heterocycles. The van der Waals surface area contributed by atoms with Crippen molar-refractivity contribution < 1.29 is 9.90 Å². The lowest BCUT2D eigenvalue weighted by Crippen LogP contribution is -2.33. The average molecular weight is 188 g/mol. The number of amides is 1. The number of nitrogens with one attached hydrogen (secondary N) is 1. The maximum absolute atomic E-state index is 10.5. The molecule has 2 N–H and O–H groups in total. The number of carbonyl (C=O) groups is 1. The van der Waals surface area contributed by atoms with Crippen molar-refractivity contribution in [2.75, 3.05) is 12.8 Å². The summed E-state index contributed by atoms with van der Waals surface area (Å²) in [7, 11) is 0. The fourth-order valence-corrected chi connectivity index (χ4v) is 1.00. The first-order valence-electron chi connectivity index (χ1n) is 3.37. The standard InChI is InChI=1S/C7H12N2O2S/c1-3-4-5-9(7(10)11)6(8)12-2/h3,8H,1,4-5H2,2H3,(H,10,11). The number of nitrogens with zero attached hydrogens (tertiary/aromatic N) is 1. The highest BCUT2D eigenvalue weighted by Crippen LogP contribution is 2.04. The van der Waals surface area contributed by atoms with Gasteiger partial charge in [0.1, 0.15) is 0 Å². The Morgan fingerprint density at radius 3 is 2.75 bits per heavy atom. The van der Waals surface area contributed by atoms with E-state index in [2.05, 4.69) is 6.58 Å². The van der Waals surface area contributed by atoms with Crippen LogP contribution in [0.1, 0.15) is 6.42 Å². The van der Waals surface area contributed by atoms with E-state index in [0.717, 1.165) is 16.7 Å². The molecule has 12 heavy (non-hydrogen) atoms. The first-order chi connectivity index (χ1) is 5.63. The van der Waals surface area contributed by atoms with E-state index in [1.54, 1.807) is 12.3 Å². The summed E-state index contributed by atoms with van der Waals surface area (Å²) in [5, 5.41) is 16.0. The molecule has 0 spiro atoms. The van der Waals surface area contributed by atoms with E-state index >= 15 is 0 Å². The van der Waals surface area contributed by atoms with Crippen molar-refractivity contribution in [2.24, 2.45) is 0 Å². The van der Waals surface area contributed by atoms with Crippen molar-refractivity contribution in [1.82, 2.24) is 4.90 Å². The van der Waals surface area contributed by atoms with E-state index in [-0.39, 0.29) is 5.17 Å². The number of carboxylic acid groups (broad SMARTS) is 1. The summed E-state index contributed by atoms with van der Waals surface area (Å²) in [5.74, 6) is 0. The third kappa shape index (κ3) is 3.43. The predicted molar refractivity (Wildman–Crippen MR) is 50.8 cm³/mol. The largest absolute Gasteiger partial charge is 0.465 e. The van der Waals surface area contributed by atoms with Gasteiger partial charge in [0, 0.05) is 6.54 Å². The summed E-state index contributed by atoms with van der Waals surface area (Å²) in [6, 6.07) is 0. The molecule has 0 heterocycles. The molecule has 4 nitrogen and oxygen atoms in total. The zero-order chi connectivity index (χ0) is 9.56. The third-order valence-electron chi connectivity index (χ3n) is 1.23. The van der Waals surface area contributed by atoms with Crippen LogP contribution in [0, 0.1) is 5.41 Å². The van der Waals surface area contributed by atoms with Crippen LogP contribution >= 0.6 is 11.8 Å². The predicted octanol–water partition coefficient (Wildman–Crippen LogP) is 1.84. The smallest absolute Gasteiger partial charge is 0.413 e. The molecular weight excluding hydrogens is 176 g/mol.